The van der Waals surface area contributed by atoms with Crippen LogP contribution in [0.4, 0.5) is 0 Å². The summed E-state index contributed by atoms with van der Waals surface area (Å²) in [5, 5.41) is 40.4. The normalized spacial score (nSPS) is 19.8. The second-order valence-electron chi connectivity index (χ2n) is 18.6. The van der Waals surface area contributed by atoms with Crippen molar-refractivity contribution >= 4 is 5.97 Å². The third kappa shape index (κ3) is 40.4. The highest BCUT2D eigenvalue weighted by Crippen LogP contribution is 2.23. The van der Waals surface area contributed by atoms with Crippen molar-refractivity contribution < 1.29 is 44.2 Å². The smallest absolute Gasteiger partial charge is 0.306 e. The summed E-state index contributed by atoms with van der Waals surface area (Å²) in [7, 11) is 0. The van der Waals surface area contributed by atoms with Crippen molar-refractivity contribution in [2.24, 2.45) is 0 Å². The Morgan fingerprint density at radius 3 is 1.24 bits per heavy atom. The Labute approximate surface area is 427 Å². The summed E-state index contributed by atoms with van der Waals surface area (Å²) in [4.78, 5) is 12.9. The van der Waals surface area contributed by atoms with E-state index in [2.05, 4.69) is 123 Å². The molecule has 1 aliphatic rings. The van der Waals surface area contributed by atoms with Crippen LogP contribution in [0.3, 0.4) is 0 Å². The lowest BCUT2D eigenvalue weighted by molar-refractivity contribution is -0.305. The predicted octanol–water partition coefficient (Wildman–Crippen LogP) is 14.5. The van der Waals surface area contributed by atoms with Gasteiger partial charge in [0.15, 0.2) is 6.29 Å². The van der Waals surface area contributed by atoms with Gasteiger partial charge in [0.1, 0.15) is 30.5 Å². The maximum atomic E-state index is 12.9. The van der Waals surface area contributed by atoms with Gasteiger partial charge in [-0.05, 0) is 96.3 Å². The number of aliphatic hydroxyl groups excluding tert-OH is 4. The lowest BCUT2D eigenvalue weighted by Gasteiger charge is -2.39. The molecular weight excluding hydrogens is 877 g/mol. The molecule has 1 fully saturated rings. The van der Waals surface area contributed by atoms with Crippen LogP contribution in [0.1, 0.15) is 206 Å². The van der Waals surface area contributed by atoms with Crippen molar-refractivity contribution in [3.05, 3.63) is 109 Å². The number of ether oxygens (including phenoxy) is 4. The third-order valence-electron chi connectivity index (χ3n) is 12.2. The third-order valence-corrected chi connectivity index (χ3v) is 12.2. The summed E-state index contributed by atoms with van der Waals surface area (Å²) in [6, 6.07) is 0. The second kappa shape index (κ2) is 50.8. The molecule has 0 aliphatic carbocycles. The summed E-state index contributed by atoms with van der Waals surface area (Å²) < 4.78 is 22.9. The van der Waals surface area contributed by atoms with Gasteiger partial charge in [-0.2, -0.15) is 0 Å². The maximum absolute atomic E-state index is 12.9. The fraction of sp³-hybridized carbons (Fsp3) is 0.689. The van der Waals surface area contributed by atoms with Crippen LogP contribution in [0.5, 0.6) is 0 Å². The average Bonchev–Trinajstić information content (AvgIpc) is 3.36. The van der Waals surface area contributed by atoms with E-state index < -0.39 is 43.4 Å². The van der Waals surface area contributed by atoms with E-state index in [4.69, 9.17) is 18.9 Å². The van der Waals surface area contributed by atoms with Crippen molar-refractivity contribution in [1.82, 2.24) is 0 Å². The van der Waals surface area contributed by atoms with Gasteiger partial charge in [-0.25, -0.2) is 0 Å². The quantitative estimate of drug-likeness (QED) is 0.0267. The molecule has 70 heavy (non-hydrogen) atoms. The summed E-state index contributed by atoms with van der Waals surface area (Å²) >= 11 is 0. The number of rotatable bonds is 47. The first-order chi connectivity index (χ1) is 34.4. The van der Waals surface area contributed by atoms with Crippen LogP contribution in [0.25, 0.3) is 0 Å². The summed E-state index contributed by atoms with van der Waals surface area (Å²) in [5.74, 6) is -0.329. The molecule has 0 amide bonds. The van der Waals surface area contributed by atoms with Gasteiger partial charge in [0.2, 0.25) is 0 Å². The zero-order valence-electron chi connectivity index (χ0n) is 44.2. The molecule has 0 aromatic rings. The lowest BCUT2D eigenvalue weighted by atomic mass is 9.99. The lowest BCUT2D eigenvalue weighted by Crippen LogP contribution is -2.59. The van der Waals surface area contributed by atoms with Crippen LogP contribution >= 0.6 is 0 Å². The van der Waals surface area contributed by atoms with Gasteiger partial charge < -0.3 is 39.4 Å². The van der Waals surface area contributed by atoms with Crippen LogP contribution < -0.4 is 0 Å². The second-order valence-corrected chi connectivity index (χ2v) is 18.6. The first-order valence-corrected chi connectivity index (χ1v) is 28.0. The van der Waals surface area contributed by atoms with Gasteiger partial charge in [0, 0.05) is 13.0 Å². The molecule has 0 radical (unpaired) electrons. The van der Waals surface area contributed by atoms with Gasteiger partial charge in [0.05, 0.1) is 19.8 Å². The zero-order chi connectivity index (χ0) is 50.6. The van der Waals surface area contributed by atoms with Crippen molar-refractivity contribution in [2.75, 3.05) is 26.4 Å². The van der Waals surface area contributed by atoms with E-state index in [9.17, 15) is 25.2 Å². The number of unbranched alkanes of at least 4 members (excludes halogenated alkanes) is 18. The van der Waals surface area contributed by atoms with Crippen LogP contribution in [-0.4, -0.2) is 89.6 Å². The highest BCUT2D eigenvalue weighted by atomic mass is 16.7. The van der Waals surface area contributed by atoms with E-state index in [0.717, 1.165) is 103 Å². The minimum atomic E-state index is -1.55. The number of esters is 1. The molecule has 6 unspecified atom stereocenters. The van der Waals surface area contributed by atoms with Crippen LogP contribution in [0.15, 0.2) is 109 Å². The van der Waals surface area contributed by atoms with Crippen molar-refractivity contribution in [2.45, 2.75) is 243 Å². The molecule has 0 spiro atoms. The Hall–Kier alpha value is -3.15. The van der Waals surface area contributed by atoms with E-state index in [-0.39, 0.29) is 19.2 Å². The average molecular weight is 979 g/mol. The van der Waals surface area contributed by atoms with E-state index in [1.807, 2.05) is 0 Å². The van der Waals surface area contributed by atoms with Crippen LogP contribution in [0, 0.1) is 0 Å². The molecule has 1 aliphatic heterocycles. The number of allylic oxidation sites excluding steroid dienone is 18. The highest BCUT2D eigenvalue weighted by molar-refractivity contribution is 5.69. The van der Waals surface area contributed by atoms with Crippen molar-refractivity contribution in [3.63, 3.8) is 0 Å². The van der Waals surface area contributed by atoms with E-state index >= 15 is 0 Å². The van der Waals surface area contributed by atoms with Crippen molar-refractivity contribution in [3.8, 4) is 0 Å². The fourth-order valence-electron chi connectivity index (χ4n) is 7.92. The fourth-order valence-corrected chi connectivity index (χ4v) is 7.92. The summed E-state index contributed by atoms with van der Waals surface area (Å²) in [5.41, 5.74) is 0. The predicted molar refractivity (Wildman–Crippen MR) is 293 cm³/mol. The van der Waals surface area contributed by atoms with Gasteiger partial charge in [0.25, 0.3) is 0 Å². The minimum absolute atomic E-state index is 0.126. The molecule has 1 heterocycles. The monoisotopic (exact) mass is 979 g/mol. The number of hydrogen-bond acceptors (Lipinski definition) is 9. The van der Waals surface area contributed by atoms with Gasteiger partial charge in [-0.3, -0.25) is 4.79 Å². The van der Waals surface area contributed by atoms with Crippen LogP contribution in [-0.2, 0) is 23.7 Å². The van der Waals surface area contributed by atoms with E-state index in [1.54, 1.807) is 0 Å². The first kappa shape index (κ1) is 64.9. The number of carbonyl (C=O) groups is 1. The molecular formula is C61H102O9. The largest absolute Gasteiger partial charge is 0.457 e. The summed E-state index contributed by atoms with van der Waals surface area (Å²) in [6.45, 7) is 4.31. The molecule has 0 saturated carbocycles. The van der Waals surface area contributed by atoms with Gasteiger partial charge in [-0.15, -0.1) is 0 Å². The Morgan fingerprint density at radius 1 is 0.457 bits per heavy atom. The standard InChI is InChI=1S/C61H102O9/c1-3-5-7-9-11-13-15-17-19-21-23-25-27-29-31-33-35-37-39-41-43-45-47-49-51-67-53-55(54-68-61-60(66)59(65)58(64)56(52-62)70-61)69-57(63)50-48-46-44-42-40-38-36-34-32-30-28-26-24-22-20-18-16-14-12-10-8-6-4-2/h5-8,11-14,17-20,23-26,30,32,55-56,58-62,64-66H,3-4,9-10,15-16,21-22,27-29,31,33-54H2,1-2H3/b7-5-,8-6-,13-11-,14-12-,19-17-,20-18-,25-23-,26-24-,32-30-. The Balaban J connectivity index is 2.19. The Kier molecular flexibility index (Phi) is 47.1. The molecule has 0 bridgehead atoms. The molecule has 9 nitrogen and oxygen atoms in total. The molecule has 6 atom stereocenters. The SMILES string of the molecule is CC/C=C\C/C=C\C/C=C\C/C=C\C/C=C\CCCCCCCCCC(=O)OC(COCCCCCCCCCCCCC/C=C\C/C=C\C/C=C\C/C=C\CC)COC1OC(CO)C(O)C(O)C1O. The molecule has 4 N–H and O–H groups in total. The molecule has 0 aromatic heterocycles. The van der Waals surface area contributed by atoms with Gasteiger partial charge in [-0.1, -0.05) is 213 Å². The molecule has 9 heteroatoms. The Bertz CT molecular complexity index is 1440. The number of carbonyl (C=O) groups excluding carboxylic acids is 1. The highest BCUT2D eigenvalue weighted by Gasteiger charge is 2.44. The molecule has 400 valence electrons. The Morgan fingerprint density at radius 2 is 0.829 bits per heavy atom. The van der Waals surface area contributed by atoms with Crippen LogP contribution in [0.2, 0.25) is 0 Å². The van der Waals surface area contributed by atoms with Gasteiger partial charge >= 0.3 is 5.97 Å². The summed E-state index contributed by atoms with van der Waals surface area (Å²) in [6.07, 6.45) is 65.5. The zero-order valence-corrected chi connectivity index (χ0v) is 44.2. The molecule has 1 saturated heterocycles. The van der Waals surface area contributed by atoms with E-state index in [1.165, 1.54) is 83.5 Å². The topological polar surface area (TPSA) is 135 Å². The number of aliphatic hydroxyl groups is 4. The molecule has 1 rings (SSSR count). The van der Waals surface area contributed by atoms with Crippen molar-refractivity contribution in [1.29, 1.82) is 0 Å². The minimum Gasteiger partial charge on any atom is -0.457 e. The first-order valence-electron chi connectivity index (χ1n) is 28.0. The molecule has 0 aromatic carbocycles. The van der Waals surface area contributed by atoms with E-state index in [0.29, 0.717) is 13.0 Å². The number of hydrogen-bond donors (Lipinski definition) is 4. The maximum Gasteiger partial charge on any atom is 0.306 e.